The summed E-state index contributed by atoms with van der Waals surface area (Å²) in [5.74, 6) is 0.363. The van der Waals surface area contributed by atoms with Gasteiger partial charge in [-0.1, -0.05) is 53.3 Å². The topological polar surface area (TPSA) is 97.6 Å². The minimum absolute atomic E-state index is 0.0555. The zero-order valence-corrected chi connectivity index (χ0v) is 21.1. The highest BCUT2D eigenvalue weighted by atomic mass is 35.5. The highest BCUT2D eigenvalue weighted by Crippen LogP contribution is 2.28. The van der Waals surface area contributed by atoms with Gasteiger partial charge in [0.25, 0.3) is 5.56 Å². The molecule has 0 atom stereocenters. The van der Waals surface area contributed by atoms with E-state index in [1.807, 2.05) is 24.3 Å². The Bertz CT molecular complexity index is 2020. The Morgan fingerprint density at radius 2 is 1.92 bits per heavy atom. The zero-order valence-electron chi connectivity index (χ0n) is 19.6. The molecule has 3 heterocycles. The highest BCUT2D eigenvalue weighted by Gasteiger charge is 2.16. The van der Waals surface area contributed by atoms with E-state index in [0.29, 0.717) is 37.7 Å². The van der Waals surface area contributed by atoms with Crippen molar-refractivity contribution in [3.05, 3.63) is 121 Å². The van der Waals surface area contributed by atoms with E-state index in [1.165, 1.54) is 11.3 Å². The molecule has 0 fully saturated rings. The van der Waals surface area contributed by atoms with Crippen LogP contribution in [0.25, 0.3) is 33.4 Å². The molecule has 0 spiro atoms. The van der Waals surface area contributed by atoms with Crippen LogP contribution in [0.4, 0.5) is 0 Å². The van der Waals surface area contributed by atoms with Crippen molar-refractivity contribution in [1.82, 2.24) is 9.38 Å². The standard InChI is InChI=1S/C29H16ClN3O4S/c30-22-11-9-17(13-21(22)28(35)36-16-19-6-2-1-5-18(19)15-31)25-12-10-20(37-25)14-26-27(34)33-24-8-4-3-7-23(24)32-29(33)38-26/h1-14H,16H2/b26-14-. The molecule has 0 aliphatic heterocycles. The van der Waals surface area contributed by atoms with Crippen molar-refractivity contribution in [1.29, 1.82) is 5.26 Å². The van der Waals surface area contributed by atoms with E-state index in [9.17, 15) is 14.9 Å². The molecule has 0 unspecified atom stereocenters. The third kappa shape index (κ3) is 4.24. The van der Waals surface area contributed by atoms with Crippen molar-refractivity contribution in [3.8, 4) is 17.4 Å². The van der Waals surface area contributed by atoms with Gasteiger partial charge in [-0.25, -0.2) is 14.2 Å². The maximum atomic E-state index is 13.0. The lowest BCUT2D eigenvalue weighted by molar-refractivity contribution is 0.0472. The number of nitrogens with zero attached hydrogens (tertiary/aromatic N) is 3. The van der Waals surface area contributed by atoms with Crippen LogP contribution < -0.4 is 10.1 Å². The quantitative estimate of drug-likeness (QED) is 0.266. The number of imidazole rings is 1. The summed E-state index contributed by atoms with van der Waals surface area (Å²) >= 11 is 7.58. The molecule has 6 rings (SSSR count). The number of hydrogen-bond donors (Lipinski definition) is 0. The molecule has 0 N–H and O–H groups in total. The number of carbonyl (C=O) groups is 1. The molecule has 7 nitrogen and oxygen atoms in total. The molecule has 9 heteroatoms. The first kappa shape index (κ1) is 23.7. The summed E-state index contributed by atoms with van der Waals surface area (Å²) < 4.78 is 13.5. The van der Waals surface area contributed by atoms with Crippen molar-refractivity contribution >= 4 is 51.0 Å². The molecule has 38 heavy (non-hydrogen) atoms. The molecule has 3 aromatic carbocycles. The van der Waals surface area contributed by atoms with Crippen molar-refractivity contribution in [2.24, 2.45) is 0 Å². The molecule has 0 amide bonds. The SMILES string of the molecule is N#Cc1ccccc1COC(=O)c1cc(-c2ccc(/C=c3\sc4nc5ccccc5n4c3=O)o2)ccc1Cl. The first-order valence-electron chi connectivity index (χ1n) is 11.5. The lowest BCUT2D eigenvalue weighted by Crippen LogP contribution is -2.22. The third-order valence-electron chi connectivity index (χ3n) is 6.01. The Balaban J connectivity index is 1.27. The van der Waals surface area contributed by atoms with E-state index in [-0.39, 0.29) is 22.8 Å². The maximum absolute atomic E-state index is 13.0. The summed E-state index contributed by atoms with van der Waals surface area (Å²) in [5, 5.41) is 9.47. The predicted octanol–water partition coefficient (Wildman–Crippen LogP) is 5.60. The van der Waals surface area contributed by atoms with Gasteiger partial charge in [-0.2, -0.15) is 5.26 Å². The number of nitriles is 1. The van der Waals surface area contributed by atoms with Gasteiger partial charge in [0.15, 0.2) is 4.96 Å². The van der Waals surface area contributed by atoms with Crippen molar-refractivity contribution in [2.75, 3.05) is 0 Å². The normalized spacial score (nSPS) is 11.7. The Kier molecular flexibility index (Phi) is 6.00. The average Bonchev–Trinajstić information content (AvgIpc) is 3.63. The largest absolute Gasteiger partial charge is 0.457 e. The van der Waals surface area contributed by atoms with Crippen LogP contribution >= 0.6 is 22.9 Å². The van der Waals surface area contributed by atoms with Crippen LogP contribution in [0.1, 0.15) is 27.2 Å². The highest BCUT2D eigenvalue weighted by molar-refractivity contribution is 7.15. The number of para-hydroxylation sites is 2. The molecule has 6 aromatic rings. The molecule has 0 saturated carbocycles. The number of ether oxygens (including phenoxy) is 1. The lowest BCUT2D eigenvalue weighted by atomic mass is 10.1. The lowest BCUT2D eigenvalue weighted by Gasteiger charge is -2.08. The number of fused-ring (bicyclic) bond motifs is 3. The van der Waals surface area contributed by atoms with Crippen LogP contribution in [0.3, 0.4) is 0 Å². The van der Waals surface area contributed by atoms with Crippen LogP contribution in [0, 0.1) is 11.3 Å². The number of thiazole rings is 1. The number of hydrogen-bond acceptors (Lipinski definition) is 7. The summed E-state index contributed by atoms with van der Waals surface area (Å²) in [4.78, 5) is 31.0. The fourth-order valence-electron chi connectivity index (χ4n) is 4.14. The van der Waals surface area contributed by atoms with Gasteiger partial charge in [-0.05, 0) is 48.5 Å². The number of aromatic nitrogens is 2. The van der Waals surface area contributed by atoms with Crippen molar-refractivity contribution in [2.45, 2.75) is 6.61 Å². The maximum Gasteiger partial charge on any atom is 0.340 e. The summed E-state index contributed by atoms with van der Waals surface area (Å²) in [6.07, 6.45) is 1.68. The number of carbonyl (C=O) groups excluding carboxylic acids is 1. The van der Waals surface area contributed by atoms with Gasteiger partial charge >= 0.3 is 5.97 Å². The molecule has 0 aliphatic carbocycles. The minimum Gasteiger partial charge on any atom is -0.457 e. The van der Waals surface area contributed by atoms with E-state index < -0.39 is 5.97 Å². The second-order valence-corrected chi connectivity index (χ2v) is 9.79. The summed E-state index contributed by atoms with van der Waals surface area (Å²) in [6, 6.07) is 24.9. The fraction of sp³-hybridized carbons (Fsp3) is 0.0345. The number of furan rings is 1. The van der Waals surface area contributed by atoms with Gasteiger partial charge in [0.1, 0.15) is 22.7 Å². The molecule has 0 aliphatic rings. The van der Waals surface area contributed by atoms with E-state index in [4.69, 9.17) is 20.8 Å². The predicted molar refractivity (Wildman–Crippen MR) is 145 cm³/mol. The summed E-state index contributed by atoms with van der Waals surface area (Å²) in [7, 11) is 0. The Morgan fingerprint density at radius 3 is 2.79 bits per heavy atom. The van der Waals surface area contributed by atoms with Gasteiger partial charge in [-0.3, -0.25) is 4.79 Å². The average molecular weight is 538 g/mol. The molecular formula is C29H16ClN3O4S. The van der Waals surface area contributed by atoms with Gasteiger partial charge in [0, 0.05) is 17.2 Å². The van der Waals surface area contributed by atoms with E-state index in [2.05, 4.69) is 11.1 Å². The van der Waals surface area contributed by atoms with Crippen LogP contribution in [-0.2, 0) is 11.3 Å². The molecule has 0 saturated heterocycles. The van der Waals surface area contributed by atoms with Gasteiger partial charge < -0.3 is 9.15 Å². The number of esters is 1. The van der Waals surface area contributed by atoms with Crippen LogP contribution in [0.15, 0.2) is 88.1 Å². The van der Waals surface area contributed by atoms with Crippen LogP contribution in [0.2, 0.25) is 5.02 Å². The Labute approximate surface area is 224 Å². The van der Waals surface area contributed by atoms with Gasteiger partial charge in [-0.15, -0.1) is 0 Å². The van der Waals surface area contributed by atoms with Crippen molar-refractivity contribution in [3.63, 3.8) is 0 Å². The number of benzene rings is 3. The van der Waals surface area contributed by atoms with Crippen molar-refractivity contribution < 1.29 is 13.9 Å². The number of rotatable bonds is 5. The zero-order chi connectivity index (χ0) is 26.2. The summed E-state index contributed by atoms with van der Waals surface area (Å²) in [6.45, 7) is -0.0555. The molecule has 3 aromatic heterocycles. The van der Waals surface area contributed by atoms with Crippen LogP contribution in [0.5, 0.6) is 0 Å². The smallest absolute Gasteiger partial charge is 0.340 e. The van der Waals surface area contributed by atoms with E-state index in [0.717, 1.165) is 11.0 Å². The van der Waals surface area contributed by atoms with Gasteiger partial charge in [0.05, 0.1) is 33.3 Å². The Hall–Kier alpha value is -4.71. The second kappa shape index (κ2) is 9.63. The van der Waals surface area contributed by atoms with E-state index >= 15 is 0 Å². The third-order valence-corrected chi connectivity index (χ3v) is 7.31. The monoisotopic (exact) mass is 537 g/mol. The molecule has 0 bridgehead atoms. The molecule has 0 radical (unpaired) electrons. The van der Waals surface area contributed by atoms with Gasteiger partial charge in [0.2, 0.25) is 0 Å². The second-order valence-electron chi connectivity index (χ2n) is 8.38. The fourth-order valence-corrected chi connectivity index (χ4v) is 5.30. The van der Waals surface area contributed by atoms with E-state index in [1.54, 1.807) is 65.1 Å². The first-order chi connectivity index (χ1) is 18.5. The number of halogens is 1. The first-order valence-corrected chi connectivity index (χ1v) is 12.7. The molecule has 184 valence electrons. The van der Waals surface area contributed by atoms with Crippen LogP contribution in [-0.4, -0.2) is 15.4 Å². The summed E-state index contributed by atoms with van der Waals surface area (Å²) in [5.41, 5.74) is 3.21. The molecular weight excluding hydrogens is 522 g/mol. The minimum atomic E-state index is -0.618. The Morgan fingerprint density at radius 1 is 1.11 bits per heavy atom.